The molecule has 1 N–H and O–H groups in total. The van der Waals surface area contributed by atoms with Gasteiger partial charge in [0.05, 0.1) is 22.1 Å². The highest BCUT2D eigenvalue weighted by molar-refractivity contribution is 6.24. The number of fused-ring (bicyclic) bond motifs is 9. The fourth-order valence-corrected chi connectivity index (χ4v) is 7.29. The molecule has 1 aliphatic rings. The molecule has 1 unspecified atom stereocenters. The quantitative estimate of drug-likeness (QED) is 0.151. The summed E-state index contributed by atoms with van der Waals surface area (Å²) in [6, 6.07) is 43.9. The van der Waals surface area contributed by atoms with E-state index in [1.54, 1.807) is 0 Å². The second-order valence-corrected chi connectivity index (χ2v) is 12.0. The molecule has 0 bridgehead atoms. The van der Waals surface area contributed by atoms with Crippen LogP contribution in [-0.4, -0.2) is 15.3 Å². The standard InChI is InChI=1S/C42H32N4/c1-2-3-4-13-24-45-37-20-11-9-18-33(37)41-32-17-7-6-15-30(32)34(26-40(41)45)28-22-23-39-35(25-28)31-16-8-12-21-38(31)46(39)42-43-27-29-14-5-10-19-36(29)44-42/h2,5-27,42,44H,1,3-4H2/b24-13+. The van der Waals surface area contributed by atoms with Crippen LogP contribution >= 0.6 is 0 Å². The van der Waals surface area contributed by atoms with Crippen molar-refractivity contribution in [3.8, 4) is 11.1 Å². The molecule has 46 heavy (non-hydrogen) atoms. The van der Waals surface area contributed by atoms with E-state index in [2.05, 4.69) is 155 Å². The lowest BCUT2D eigenvalue weighted by Crippen LogP contribution is -2.20. The first kappa shape index (κ1) is 26.5. The van der Waals surface area contributed by atoms with Crippen LogP contribution in [0.2, 0.25) is 0 Å². The van der Waals surface area contributed by atoms with Gasteiger partial charge < -0.3 is 14.5 Å². The van der Waals surface area contributed by atoms with Crippen molar-refractivity contribution in [2.45, 2.75) is 19.1 Å². The second kappa shape index (κ2) is 10.6. The van der Waals surface area contributed by atoms with Crippen LogP contribution in [-0.2, 0) is 0 Å². The number of para-hydroxylation sites is 3. The van der Waals surface area contributed by atoms with Gasteiger partial charge in [-0.3, -0.25) is 0 Å². The normalized spacial score (nSPS) is 14.6. The van der Waals surface area contributed by atoms with E-state index < -0.39 is 0 Å². The summed E-state index contributed by atoms with van der Waals surface area (Å²) >= 11 is 0. The van der Waals surface area contributed by atoms with Crippen LogP contribution in [0.15, 0.2) is 145 Å². The molecule has 3 heterocycles. The summed E-state index contributed by atoms with van der Waals surface area (Å²) in [6.07, 6.45) is 10.1. The van der Waals surface area contributed by atoms with Gasteiger partial charge in [-0.15, -0.1) is 6.58 Å². The second-order valence-electron chi connectivity index (χ2n) is 12.0. The van der Waals surface area contributed by atoms with Crippen LogP contribution in [0.4, 0.5) is 5.69 Å². The Labute approximate surface area is 267 Å². The van der Waals surface area contributed by atoms with Crippen molar-refractivity contribution in [1.82, 2.24) is 9.13 Å². The van der Waals surface area contributed by atoms with E-state index in [1.165, 1.54) is 54.5 Å². The summed E-state index contributed by atoms with van der Waals surface area (Å²) in [4.78, 5) is 4.95. The van der Waals surface area contributed by atoms with Gasteiger partial charge in [-0.1, -0.05) is 97.1 Å². The fourth-order valence-electron chi connectivity index (χ4n) is 7.29. The lowest BCUT2D eigenvalue weighted by Gasteiger charge is -2.24. The third-order valence-electron chi connectivity index (χ3n) is 9.37. The van der Waals surface area contributed by atoms with E-state index in [0.717, 1.165) is 35.1 Å². The minimum Gasteiger partial charge on any atom is -0.346 e. The molecule has 0 amide bonds. The molecule has 0 saturated carbocycles. The minimum atomic E-state index is -0.232. The average Bonchev–Trinajstić information content (AvgIpc) is 3.62. The van der Waals surface area contributed by atoms with Gasteiger partial charge in [0.1, 0.15) is 0 Å². The summed E-state index contributed by atoms with van der Waals surface area (Å²) in [5.41, 5.74) is 9.38. The topological polar surface area (TPSA) is 34.2 Å². The average molecular weight is 593 g/mol. The molecule has 1 aliphatic heterocycles. The Morgan fingerprint density at radius 2 is 1.37 bits per heavy atom. The van der Waals surface area contributed by atoms with E-state index in [4.69, 9.17) is 4.99 Å². The molecule has 2 aromatic heterocycles. The monoisotopic (exact) mass is 592 g/mol. The summed E-state index contributed by atoms with van der Waals surface area (Å²) in [5.74, 6) is 0. The zero-order valence-corrected chi connectivity index (χ0v) is 25.4. The molecule has 0 fully saturated rings. The zero-order valence-electron chi connectivity index (χ0n) is 25.4. The van der Waals surface area contributed by atoms with Crippen LogP contribution in [0.3, 0.4) is 0 Å². The van der Waals surface area contributed by atoms with Crippen LogP contribution in [0.5, 0.6) is 0 Å². The predicted octanol–water partition coefficient (Wildman–Crippen LogP) is 11.2. The maximum atomic E-state index is 4.95. The van der Waals surface area contributed by atoms with Gasteiger partial charge in [0, 0.05) is 45.2 Å². The summed E-state index contributed by atoms with van der Waals surface area (Å²) in [5, 5.41) is 11.2. The Balaban J connectivity index is 1.28. The minimum absolute atomic E-state index is 0.232. The zero-order chi connectivity index (χ0) is 30.6. The van der Waals surface area contributed by atoms with Crippen LogP contribution in [0.25, 0.3) is 71.7 Å². The molecule has 9 rings (SSSR count). The molecule has 4 heteroatoms. The molecule has 220 valence electrons. The van der Waals surface area contributed by atoms with Crippen LogP contribution in [0.1, 0.15) is 24.7 Å². The third-order valence-corrected chi connectivity index (χ3v) is 9.37. The van der Waals surface area contributed by atoms with Crippen molar-refractivity contribution in [3.63, 3.8) is 0 Å². The fraction of sp³-hybridized carbons (Fsp3) is 0.0714. The van der Waals surface area contributed by atoms with Crippen LogP contribution in [0, 0.1) is 0 Å². The largest absolute Gasteiger partial charge is 0.346 e. The van der Waals surface area contributed by atoms with Crippen molar-refractivity contribution < 1.29 is 0 Å². The molecule has 8 aromatic rings. The summed E-state index contributed by atoms with van der Waals surface area (Å²) in [6.45, 7) is 3.90. The van der Waals surface area contributed by atoms with Gasteiger partial charge in [-0.05, 0) is 71.1 Å². The number of aromatic nitrogens is 2. The number of benzene rings is 6. The molecule has 0 saturated heterocycles. The van der Waals surface area contributed by atoms with E-state index in [-0.39, 0.29) is 6.29 Å². The number of anilines is 1. The van der Waals surface area contributed by atoms with Gasteiger partial charge in [0.15, 0.2) is 0 Å². The molecule has 0 spiro atoms. The molecule has 6 aromatic carbocycles. The molecule has 0 aliphatic carbocycles. The SMILES string of the molecule is C=CCC/C=C/n1c2ccccc2c2c3ccccc3c(-c3ccc4c(c3)c3ccccc3n4C3N=Cc4ccccc4N3)cc21. The Hall–Kier alpha value is -5.87. The van der Waals surface area contributed by atoms with Crippen molar-refractivity contribution in [3.05, 3.63) is 146 Å². The number of hydrogen-bond donors (Lipinski definition) is 1. The van der Waals surface area contributed by atoms with Gasteiger partial charge in [-0.25, -0.2) is 4.99 Å². The first-order chi connectivity index (χ1) is 22.8. The van der Waals surface area contributed by atoms with Crippen LogP contribution < -0.4 is 5.32 Å². The summed E-state index contributed by atoms with van der Waals surface area (Å²) < 4.78 is 4.69. The highest BCUT2D eigenvalue weighted by atomic mass is 15.3. The van der Waals surface area contributed by atoms with E-state index >= 15 is 0 Å². The Morgan fingerprint density at radius 3 is 2.24 bits per heavy atom. The predicted molar refractivity (Wildman–Crippen MR) is 197 cm³/mol. The Bertz CT molecular complexity index is 2540. The van der Waals surface area contributed by atoms with Gasteiger partial charge in [0.2, 0.25) is 6.29 Å². The number of unbranched alkanes of at least 4 members (excludes halogenated alkanes) is 1. The molecule has 1 atom stereocenters. The maximum absolute atomic E-state index is 4.95. The third kappa shape index (κ3) is 4.04. The number of rotatable bonds is 6. The van der Waals surface area contributed by atoms with Crippen molar-refractivity contribution in [2.75, 3.05) is 5.32 Å². The first-order valence-electron chi connectivity index (χ1n) is 15.9. The Kier molecular flexibility index (Phi) is 6.13. The van der Waals surface area contributed by atoms with E-state index in [1.807, 2.05) is 12.3 Å². The van der Waals surface area contributed by atoms with Crippen molar-refractivity contribution in [2.24, 2.45) is 4.99 Å². The number of nitrogens with zero attached hydrogens (tertiary/aromatic N) is 3. The lowest BCUT2D eigenvalue weighted by molar-refractivity contribution is 0.627. The van der Waals surface area contributed by atoms with E-state index in [0.29, 0.717) is 0 Å². The number of hydrogen-bond acceptors (Lipinski definition) is 2. The number of aliphatic imine (C=N–C) groups is 1. The maximum Gasteiger partial charge on any atom is 0.200 e. The van der Waals surface area contributed by atoms with Gasteiger partial charge in [0.25, 0.3) is 0 Å². The smallest absolute Gasteiger partial charge is 0.200 e. The number of allylic oxidation sites excluding steroid dienone is 2. The van der Waals surface area contributed by atoms with E-state index in [9.17, 15) is 0 Å². The summed E-state index contributed by atoms with van der Waals surface area (Å²) in [7, 11) is 0. The highest BCUT2D eigenvalue weighted by Gasteiger charge is 2.22. The highest BCUT2D eigenvalue weighted by Crippen LogP contribution is 2.42. The molecule has 4 nitrogen and oxygen atoms in total. The number of nitrogens with one attached hydrogen (secondary N) is 1. The van der Waals surface area contributed by atoms with Gasteiger partial charge in [-0.2, -0.15) is 0 Å². The molecule has 0 radical (unpaired) electrons. The lowest BCUT2D eigenvalue weighted by atomic mass is 9.94. The van der Waals surface area contributed by atoms with Crippen molar-refractivity contribution in [1.29, 1.82) is 0 Å². The molecular formula is C42H32N4. The first-order valence-corrected chi connectivity index (χ1v) is 15.9. The molecular weight excluding hydrogens is 560 g/mol. The van der Waals surface area contributed by atoms with Gasteiger partial charge >= 0.3 is 0 Å². The van der Waals surface area contributed by atoms with Crippen molar-refractivity contribution >= 4 is 72.5 Å². The Morgan fingerprint density at radius 1 is 0.652 bits per heavy atom.